The third kappa shape index (κ3) is 3.83. The lowest BCUT2D eigenvalue weighted by molar-refractivity contribution is -0.148. The van der Waals surface area contributed by atoms with Gasteiger partial charge >= 0.3 is 0 Å². The van der Waals surface area contributed by atoms with E-state index >= 15 is 0 Å². The van der Waals surface area contributed by atoms with Crippen LogP contribution in [-0.2, 0) is 16.1 Å². The van der Waals surface area contributed by atoms with Gasteiger partial charge in [0.05, 0.1) is 24.1 Å². The standard InChI is InChI=1S/C26H31N3O3/c1-27-22-18-21(8-9-23(22)32-17-10-24(27)30)28-15-12-26(13-16-28)11-5-14-29(25(26)31)19-20-6-3-2-4-7-20/h2-4,6-9,18H,5,10-17,19H2,1H3. The molecule has 0 radical (unpaired) electrons. The highest BCUT2D eigenvalue weighted by Crippen LogP contribution is 2.43. The van der Waals surface area contributed by atoms with Crippen molar-refractivity contribution in [2.45, 2.75) is 38.6 Å². The number of piperidine rings is 2. The van der Waals surface area contributed by atoms with Crippen LogP contribution in [0.3, 0.4) is 0 Å². The molecule has 2 fully saturated rings. The minimum Gasteiger partial charge on any atom is -0.491 e. The van der Waals surface area contributed by atoms with E-state index in [9.17, 15) is 9.59 Å². The minimum absolute atomic E-state index is 0.0739. The number of carbonyl (C=O) groups excluding carboxylic acids is 2. The van der Waals surface area contributed by atoms with Crippen LogP contribution in [0.4, 0.5) is 11.4 Å². The average molecular weight is 434 g/mol. The van der Waals surface area contributed by atoms with Gasteiger partial charge in [-0.15, -0.1) is 0 Å². The third-order valence-corrected chi connectivity index (χ3v) is 7.38. The normalized spacial score (nSPS) is 20.7. The van der Waals surface area contributed by atoms with E-state index in [1.807, 2.05) is 31.3 Å². The van der Waals surface area contributed by atoms with E-state index in [-0.39, 0.29) is 11.3 Å². The fourth-order valence-corrected chi connectivity index (χ4v) is 5.40. The Morgan fingerprint density at radius 2 is 1.75 bits per heavy atom. The van der Waals surface area contributed by atoms with Gasteiger partial charge in [0.25, 0.3) is 0 Å². The first-order chi connectivity index (χ1) is 15.6. The molecule has 5 rings (SSSR count). The van der Waals surface area contributed by atoms with Crippen LogP contribution in [0, 0.1) is 5.41 Å². The molecule has 0 atom stereocenters. The number of likely N-dealkylation sites (tertiary alicyclic amines) is 1. The summed E-state index contributed by atoms with van der Waals surface area (Å²) in [6.07, 6.45) is 4.20. The number of amides is 2. The molecule has 3 heterocycles. The molecule has 0 bridgehead atoms. The number of nitrogens with zero attached hydrogens (tertiary/aromatic N) is 3. The van der Waals surface area contributed by atoms with E-state index in [1.165, 1.54) is 5.56 Å². The van der Waals surface area contributed by atoms with Gasteiger partial charge in [-0.2, -0.15) is 0 Å². The molecule has 2 amide bonds. The summed E-state index contributed by atoms with van der Waals surface area (Å²) in [5.74, 6) is 1.16. The van der Waals surface area contributed by atoms with Gasteiger partial charge in [-0.1, -0.05) is 30.3 Å². The summed E-state index contributed by atoms with van der Waals surface area (Å²) < 4.78 is 5.77. The first kappa shape index (κ1) is 20.9. The molecule has 3 aliphatic heterocycles. The lowest BCUT2D eigenvalue weighted by atomic mass is 9.71. The predicted molar refractivity (Wildman–Crippen MR) is 125 cm³/mol. The van der Waals surface area contributed by atoms with E-state index in [0.717, 1.165) is 62.4 Å². The zero-order valence-electron chi connectivity index (χ0n) is 18.8. The summed E-state index contributed by atoms with van der Waals surface area (Å²) in [7, 11) is 1.81. The van der Waals surface area contributed by atoms with Crippen LogP contribution < -0.4 is 14.5 Å². The molecule has 2 aromatic carbocycles. The van der Waals surface area contributed by atoms with Gasteiger partial charge in [0.15, 0.2) is 0 Å². The fourth-order valence-electron chi connectivity index (χ4n) is 5.40. The number of carbonyl (C=O) groups is 2. The van der Waals surface area contributed by atoms with Gasteiger partial charge in [0.2, 0.25) is 11.8 Å². The molecule has 0 saturated carbocycles. The van der Waals surface area contributed by atoms with E-state index in [0.29, 0.717) is 25.5 Å². The fraction of sp³-hybridized carbons (Fsp3) is 0.462. The highest BCUT2D eigenvalue weighted by Gasteiger charge is 2.45. The summed E-state index contributed by atoms with van der Waals surface area (Å²) in [5.41, 5.74) is 2.88. The van der Waals surface area contributed by atoms with Crippen LogP contribution in [0.25, 0.3) is 0 Å². The van der Waals surface area contributed by atoms with Gasteiger partial charge in [-0.05, 0) is 49.4 Å². The molecule has 32 heavy (non-hydrogen) atoms. The molecule has 0 aliphatic carbocycles. The second-order valence-corrected chi connectivity index (χ2v) is 9.29. The van der Waals surface area contributed by atoms with Crippen molar-refractivity contribution < 1.29 is 14.3 Å². The van der Waals surface area contributed by atoms with Crippen molar-refractivity contribution in [3.05, 3.63) is 54.1 Å². The first-order valence-corrected chi connectivity index (χ1v) is 11.7. The molecule has 2 saturated heterocycles. The maximum atomic E-state index is 13.5. The zero-order chi connectivity index (χ0) is 22.1. The van der Waals surface area contributed by atoms with E-state index in [4.69, 9.17) is 4.74 Å². The average Bonchev–Trinajstić information content (AvgIpc) is 2.96. The van der Waals surface area contributed by atoms with Gasteiger partial charge in [-0.3, -0.25) is 9.59 Å². The summed E-state index contributed by atoms with van der Waals surface area (Å²) in [6.45, 7) is 3.68. The maximum Gasteiger partial charge on any atom is 0.230 e. The Labute approximate surface area is 189 Å². The number of hydrogen-bond donors (Lipinski definition) is 0. The Balaban J connectivity index is 1.29. The van der Waals surface area contributed by atoms with Gasteiger partial charge in [0.1, 0.15) is 5.75 Å². The van der Waals surface area contributed by atoms with Crippen molar-refractivity contribution in [2.24, 2.45) is 5.41 Å². The monoisotopic (exact) mass is 433 g/mol. The van der Waals surface area contributed by atoms with Crippen molar-refractivity contribution in [3.63, 3.8) is 0 Å². The molecule has 0 N–H and O–H groups in total. The van der Waals surface area contributed by atoms with Crippen molar-refractivity contribution >= 4 is 23.2 Å². The van der Waals surface area contributed by atoms with Gasteiger partial charge in [0, 0.05) is 38.9 Å². The molecule has 2 aromatic rings. The lowest BCUT2D eigenvalue weighted by Crippen LogP contribution is -2.53. The number of fused-ring (bicyclic) bond motifs is 1. The number of anilines is 2. The Hall–Kier alpha value is -3.02. The van der Waals surface area contributed by atoms with E-state index in [2.05, 4.69) is 34.1 Å². The van der Waals surface area contributed by atoms with Gasteiger partial charge < -0.3 is 19.4 Å². The van der Waals surface area contributed by atoms with E-state index in [1.54, 1.807) is 4.90 Å². The number of ether oxygens (including phenoxy) is 1. The highest BCUT2D eigenvalue weighted by molar-refractivity contribution is 5.95. The molecule has 3 aliphatic rings. The Morgan fingerprint density at radius 1 is 0.969 bits per heavy atom. The van der Waals surface area contributed by atoms with Gasteiger partial charge in [-0.25, -0.2) is 0 Å². The molecular weight excluding hydrogens is 402 g/mol. The molecule has 6 nitrogen and oxygen atoms in total. The zero-order valence-corrected chi connectivity index (χ0v) is 18.8. The van der Waals surface area contributed by atoms with E-state index < -0.39 is 0 Å². The Morgan fingerprint density at radius 3 is 2.53 bits per heavy atom. The number of benzene rings is 2. The van der Waals surface area contributed by atoms with Crippen molar-refractivity contribution in [2.75, 3.05) is 43.1 Å². The third-order valence-electron chi connectivity index (χ3n) is 7.38. The quantitative estimate of drug-likeness (QED) is 0.738. The molecule has 0 aromatic heterocycles. The summed E-state index contributed by atoms with van der Waals surface area (Å²) >= 11 is 0. The molecule has 1 spiro atoms. The van der Waals surface area contributed by atoms with Crippen LogP contribution in [0.1, 0.15) is 37.7 Å². The van der Waals surface area contributed by atoms with Crippen molar-refractivity contribution in [1.82, 2.24) is 4.90 Å². The van der Waals surface area contributed by atoms with Crippen LogP contribution in [0.15, 0.2) is 48.5 Å². The van der Waals surface area contributed by atoms with Crippen LogP contribution in [-0.4, -0.2) is 50.0 Å². The second-order valence-electron chi connectivity index (χ2n) is 9.29. The number of rotatable bonds is 3. The molecule has 6 heteroatoms. The van der Waals surface area contributed by atoms with Crippen LogP contribution in [0.5, 0.6) is 5.75 Å². The summed E-state index contributed by atoms with van der Waals surface area (Å²) in [5, 5.41) is 0. The SMILES string of the molecule is CN1C(=O)CCOc2ccc(N3CCC4(CCCN(Cc5ccccc5)C4=O)CC3)cc21. The first-order valence-electron chi connectivity index (χ1n) is 11.7. The highest BCUT2D eigenvalue weighted by atomic mass is 16.5. The Bertz CT molecular complexity index is 999. The van der Waals surface area contributed by atoms with Crippen LogP contribution in [0.2, 0.25) is 0 Å². The topological polar surface area (TPSA) is 53.1 Å². The lowest BCUT2D eigenvalue weighted by Gasteiger charge is -2.47. The summed E-state index contributed by atoms with van der Waals surface area (Å²) in [6, 6.07) is 16.4. The summed E-state index contributed by atoms with van der Waals surface area (Å²) in [4.78, 5) is 31.9. The smallest absolute Gasteiger partial charge is 0.230 e. The molecule has 0 unspecified atom stereocenters. The predicted octanol–water partition coefficient (Wildman–Crippen LogP) is 3.84. The Kier molecular flexibility index (Phi) is 5.53. The van der Waals surface area contributed by atoms with Crippen LogP contribution >= 0.6 is 0 Å². The second kappa shape index (κ2) is 8.49. The van der Waals surface area contributed by atoms with Crippen molar-refractivity contribution in [3.8, 4) is 5.75 Å². The molecular formula is C26H31N3O3. The van der Waals surface area contributed by atoms with Crippen molar-refractivity contribution in [1.29, 1.82) is 0 Å². The largest absolute Gasteiger partial charge is 0.491 e. The maximum absolute atomic E-state index is 13.5. The molecule has 168 valence electrons. The minimum atomic E-state index is -0.231. The number of hydrogen-bond acceptors (Lipinski definition) is 4.